The van der Waals surface area contributed by atoms with E-state index in [0.717, 1.165) is 16.9 Å². The zero-order valence-corrected chi connectivity index (χ0v) is 10.2. The van der Waals surface area contributed by atoms with E-state index in [0.29, 0.717) is 5.56 Å². The highest BCUT2D eigenvalue weighted by Crippen LogP contribution is 2.31. The highest BCUT2D eigenvalue weighted by Gasteiger charge is 2.27. The molecule has 5 heteroatoms. The van der Waals surface area contributed by atoms with Gasteiger partial charge in [0.05, 0.1) is 7.11 Å². The molecule has 0 saturated carbocycles. The Hall–Kier alpha value is -0.870. The van der Waals surface area contributed by atoms with Crippen LogP contribution in [0.4, 0.5) is 0 Å². The molecule has 0 amide bonds. The number of Topliss-reactive ketones (excluding diaryl/α,β-unsaturated/α-hetero) is 1. The van der Waals surface area contributed by atoms with Gasteiger partial charge in [-0.15, -0.1) is 22.9 Å². The van der Waals surface area contributed by atoms with Crippen molar-refractivity contribution in [2.75, 3.05) is 7.11 Å². The van der Waals surface area contributed by atoms with Crippen molar-refractivity contribution in [3.05, 3.63) is 21.4 Å². The number of methoxy groups -OCH3 is 1. The average Bonchev–Trinajstić information content (AvgIpc) is 2.54. The minimum atomic E-state index is -0.942. The molecule has 0 radical (unpaired) electrons. The smallest absolute Gasteiger partial charge is 0.376 e. The summed E-state index contributed by atoms with van der Waals surface area (Å²) in [6.45, 7) is 3.79. The van der Waals surface area contributed by atoms with Crippen LogP contribution in [0.3, 0.4) is 0 Å². The monoisotopic (exact) mass is 246 g/mol. The first-order valence-corrected chi connectivity index (χ1v) is 5.55. The summed E-state index contributed by atoms with van der Waals surface area (Å²) in [6, 6.07) is 1.82. The van der Waals surface area contributed by atoms with Crippen molar-refractivity contribution >= 4 is 34.7 Å². The molecule has 1 aromatic heterocycles. The van der Waals surface area contributed by atoms with Gasteiger partial charge in [0.15, 0.2) is 0 Å². The lowest BCUT2D eigenvalue weighted by molar-refractivity contribution is -0.151. The van der Waals surface area contributed by atoms with Gasteiger partial charge >= 0.3 is 5.97 Å². The SMILES string of the molecule is COC(=O)C(=O)C(Cl)c1cc(C)sc1C. The van der Waals surface area contributed by atoms with Gasteiger partial charge in [0.2, 0.25) is 0 Å². The van der Waals surface area contributed by atoms with Crippen LogP contribution in [0, 0.1) is 13.8 Å². The van der Waals surface area contributed by atoms with Crippen LogP contribution < -0.4 is 0 Å². The van der Waals surface area contributed by atoms with Gasteiger partial charge in [-0.05, 0) is 25.5 Å². The van der Waals surface area contributed by atoms with Crippen LogP contribution in [0.25, 0.3) is 0 Å². The van der Waals surface area contributed by atoms with Crippen molar-refractivity contribution in [2.24, 2.45) is 0 Å². The van der Waals surface area contributed by atoms with E-state index in [-0.39, 0.29) is 0 Å². The van der Waals surface area contributed by atoms with Crippen molar-refractivity contribution in [1.29, 1.82) is 0 Å². The Morgan fingerprint density at radius 3 is 2.47 bits per heavy atom. The summed E-state index contributed by atoms with van der Waals surface area (Å²) in [5, 5.41) is -0.942. The predicted molar refractivity (Wildman–Crippen MR) is 59.4 cm³/mol. The molecule has 0 fully saturated rings. The standard InChI is InChI=1S/C10H11ClO3S/c1-5-4-7(6(2)15-5)8(11)9(12)10(13)14-3/h4,8H,1-3H3. The molecule has 1 heterocycles. The summed E-state index contributed by atoms with van der Waals surface area (Å²) in [7, 11) is 1.16. The Morgan fingerprint density at radius 2 is 2.07 bits per heavy atom. The number of thiophene rings is 1. The highest BCUT2D eigenvalue weighted by atomic mass is 35.5. The molecular formula is C10H11ClO3S. The number of ketones is 1. The van der Waals surface area contributed by atoms with Crippen molar-refractivity contribution in [2.45, 2.75) is 19.2 Å². The fourth-order valence-electron chi connectivity index (χ4n) is 1.25. The molecule has 0 N–H and O–H groups in total. The van der Waals surface area contributed by atoms with Crippen LogP contribution >= 0.6 is 22.9 Å². The normalized spacial score (nSPS) is 12.3. The van der Waals surface area contributed by atoms with Crippen molar-refractivity contribution in [3.8, 4) is 0 Å². The summed E-state index contributed by atoms with van der Waals surface area (Å²) in [5.74, 6) is -1.63. The molecule has 0 spiro atoms. The van der Waals surface area contributed by atoms with Gasteiger partial charge in [-0.25, -0.2) is 4.79 Å². The minimum absolute atomic E-state index is 0.689. The van der Waals surface area contributed by atoms with E-state index >= 15 is 0 Å². The molecule has 82 valence electrons. The molecule has 0 saturated heterocycles. The maximum atomic E-state index is 11.4. The molecular weight excluding hydrogens is 236 g/mol. The number of rotatable bonds is 3. The number of esters is 1. The second kappa shape index (κ2) is 4.77. The van der Waals surface area contributed by atoms with Crippen LogP contribution in [0.1, 0.15) is 20.7 Å². The van der Waals surface area contributed by atoms with Crippen LogP contribution in [0.5, 0.6) is 0 Å². The van der Waals surface area contributed by atoms with E-state index in [1.807, 2.05) is 19.9 Å². The number of alkyl halides is 1. The second-order valence-corrected chi connectivity index (χ2v) is 4.98. The first-order valence-electron chi connectivity index (χ1n) is 4.30. The van der Waals surface area contributed by atoms with Crippen molar-refractivity contribution in [3.63, 3.8) is 0 Å². The summed E-state index contributed by atoms with van der Waals surface area (Å²) in [4.78, 5) is 24.4. The third kappa shape index (κ3) is 2.58. The predicted octanol–water partition coefficient (Wildman–Crippen LogP) is 2.39. The van der Waals surface area contributed by atoms with Gasteiger partial charge < -0.3 is 4.74 Å². The molecule has 3 nitrogen and oxygen atoms in total. The molecule has 1 aromatic rings. The summed E-state index contributed by atoms with van der Waals surface area (Å²) < 4.78 is 4.33. The van der Waals surface area contributed by atoms with E-state index in [4.69, 9.17) is 11.6 Å². The Morgan fingerprint density at radius 1 is 1.47 bits per heavy atom. The Balaban J connectivity index is 2.94. The van der Waals surface area contributed by atoms with Crippen LogP contribution in [0.2, 0.25) is 0 Å². The molecule has 0 aliphatic carbocycles. The summed E-state index contributed by atoms with van der Waals surface area (Å²) in [6.07, 6.45) is 0. The number of carbonyl (C=O) groups is 2. The lowest BCUT2D eigenvalue weighted by Crippen LogP contribution is -2.20. The van der Waals surface area contributed by atoms with Gasteiger partial charge in [-0.2, -0.15) is 0 Å². The first kappa shape index (κ1) is 12.2. The van der Waals surface area contributed by atoms with Gasteiger partial charge in [0, 0.05) is 9.75 Å². The topological polar surface area (TPSA) is 43.4 Å². The maximum Gasteiger partial charge on any atom is 0.376 e. The Labute approximate surface area is 97.0 Å². The maximum absolute atomic E-state index is 11.4. The zero-order valence-electron chi connectivity index (χ0n) is 8.67. The third-order valence-electron chi connectivity index (χ3n) is 1.97. The second-order valence-electron chi connectivity index (χ2n) is 3.09. The Kier molecular flexibility index (Phi) is 3.88. The average molecular weight is 247 g/mol. The fourth-order valence-corrected chi connectivity index (χ4v) is 2.59. The van der Waals surface area contributed by atoms with Crippen molar-refractivity contribution in [1.82, 2.24) is 0 Å². The minimum Gasteiger partial charge on any atom is -0.463 e. The van der Waals surface area contributed by atoms with Gasteiger partial charge in [0.1, 0.15) is 5.38 Å². The van der Waals surface area contributed by atoms with E-state index in [1.165, 1.54) is 0 Å². The third-order valence-corrected chi connectivity index (χ3v) is 3.38. The lowest BCUT2D eigenvalue weighted by atomic mass is 10.1. The van der Waals surface area contributed by atoms with E-state index in [1.54, 1.807) is 11.3 Å². The number of hydrogen-bond acceptors (Lipinski definition) is 4. The number of halogens is 1. The van der Waals surface area contributed by atoms with Crippen LogP contribution in [-0.2, 0) is 14.3 Å². The first-order chi connectivity index (χ1) is 6.97. The molecule has 0 aliphatic heterocycles. The lowest BCUT2D eigenvalue weighted by Gasteiger charge is -2.05. The number of carbonyl (C=O) groups excluding carboxylic acids is 2. The van der Waals surface area contributed by atoms with Gasteiger partial charge in [-0.1, -0.05) is 0 Å². The molecule has 0 bridgehead atoms. The molecule has 0 aromatic carbocycles. The van der Waals surface area contributed by atoms with E-state index in [2.05, 4.69) is 4.74 Å². The molecule has 1 unspecified atom stereocenters. The van der Waals surface area contributed by atoms with E-state index < -0.39 is 17.1 Å². The molecule has 15 heavy (non-hydrogen) atoms. The molecule has 0 aliphatic rings. The summed E-state index contributed by atoms with van der Waals surface area (Å²) in [5.41, 5.74) is 0.689. The Bertz CT molecular complexity index is 397. The molecule has 1 rings (SSSR count). The fraction of sp³-hybridized carbons (Fsp3) is 0.400. The molecule has 1 atom stereocenters. The largest absolute Gasteiger partial charge is 0.463 e. The van der Waals surface area contributed by atoms with Gasteiger partial charge in [-0.3, -0.25) is 4.79 Å². The zero-order chi connectivity index (χ0) is 11.6. The van der Waals surface area contributed by atoms with Gasteiger partial charge in [0.25, 0.3) is 5.78 Å². The summed E-state index contributed by atoms with van der Waals surface area (Å²) >= 11 is 7.45. The van der Waals surface area contributed by atoms with Crippen LogP contribution in [-0.4, -0.2) is 18.9 Å². The number of hydrogen-bond donors (Lipinski definition) is 0. The highest BCUT2D eigenvalue weighted by molar-refractivity contribution is 7.12. The van der Waals surface area contributed by atoms with E-state index in [9.17, 15) is 9.59 Å². The number of ether oxygens (including phenoxy) is 1. The number of aryl methyl sites for hydroxylation is 2. The van der Waals surface area contributed by atoms with Crippen LogP contribution in [0.15, 0.2) is 6.07 Å². The quantitative estimate of drug-likeness (QED) is 0.467. The van der Waals surface area contributed by atoms with Crippen molar-refractivity contribution < 1.29 is 14.3 Å².